The van der Waals surface area contributed by atoms with Crippen molar-refractivity contribution < 1.29 is 0 Å². The third-order valence-electron chi connectivity index (χ3n) is 5.12. The molecule has 0 nitrogen and oxygen atoms in total. The first-order chi connectivity index (χ1) is 6.51. The molecule has 0 amide bonds. The van der Waals surface area contributed by atoms with E-state index in [0.29, 0.717) is 5.41 Å². The fourth-order valence-electron chi connectivity index (χ4n) is 3.86. The first-order valence-electron chi connectivity index (χ1n) is 6.51. The second kappa shape index (κ2) is 3.54. The Morgan fingerprint density at radius 3 is 2.43 bits per heavy atom. The summed E-state index contributed by atoms with van der Waals surface area (Å²) in [7, 11) is 0. The first-order valence-corrected chi connectivity index (χ1v) is 6.51. The minimum Gasteiger partial charge on any atom is -0.0628 e. The van der Waals surface area contributed by atoms with Gasteiger partial charge in [-0.25, -0.2) is 0 Å². The second-order valence-electron chi connectivity index (χ2n) is 6.67. The van der Waals surface area contributed by atoms with E-state index in [1.807, 2.05) is 0 Å². The summed E-state index contributed by atoms with van der Waals surface area (Å²) in [6.07, 6.45) is 7.55. The lowest BCUT2D eigenvalue weighted by molar-refractivity contribution is -0.107. The number of hydrogen-bond acceptors (Lipinski definition) is 0. The van der Waals surface area contributed by atoms with Crippen molar-refractivity contribution in [2.24, 2.45) is 29.1 Å². The second-order valence-corrected chi connectivity index (χ2v) is 6.67. The molecule has 0 unspecified atom stereocenters. The van der Waals surface area contributed by atoms with E-state index in [9.17, 15) is 0 Å². The van der Waals surface area contributed by atoms with Gasteiger partial charge in [-0.2, -0.15) is 0 Å². The van der Waals surface area contributed by atoms with Gasteiger partial charge in [0, 0.05) is 0 Å². The van der Waals surface area contributed by atoms with Crippen LogP contribution < -0.4 is 0 Å². The monoisotopic (exact) mass is 194 g/mol. The highest BCUT2D eigenvalue weighted by Crippen LogP contribution is 2.62. The summed E-state index contributed by atoms with van der Waals surface area (Å²) >= 11 is 0. The zero-order chi connectivity index (χ0) is 10.3. The molecule has 0 aromatic rings. The fraction of sp³-hybridized carbons (Fsp3) is 1.00. The van der Waals surface area contributed by atoms with Crippen LogP contribution in [0.2, 0.25) is 0 Å². The lowest BCUT2D eigenvalue weighted by atomic mass is 9.45. The highest BCUT2D eigenvalue weighted by Gasteiger charge is 2.53. The zero-order valence-corrected chi connectivity index (χ0v) is 10.3. The molecule has 3 atom stereocenters. The van der Waals surface area contributed by atoms with Gasteiger partial charge in [0.25, 0.3) is 0 Å². The molecule has 0 aromatic heterocycles. The predicted molar refractivity (Wildman–Crippen MR) is 62.2 cm³/mol. The van der Waals surface area contributed by atoms with Gasteiger partial charge in [0.05, 0.1) is 0 Å². The molecule has 3 aliphatic rings. The summed E-state index contributed by atoms with van der Waals surface area (Å²) in [5.41, 5.74) is 0.694. The topological polar surface area (TPSA) is 0 Å². The minimum absolute atomic E-state index is 0.694. The van der Waals surface area contributed by atoms with Gasteiger partial charge in [0.2, 0.25) is 0 Å². The third-order valence-corrected chi connectivity index (χ3v) is 5.12. The summed E-state index contributed by atoms with van der Waals surface area (Å²) in [6.45, 7) is 9.73. The van der Waals surface area contributed by atoms with Crippen LogP contribution in [0.15, 0.2) is 0 Å². The van der Waals surface area contributed by atoms with Crippen LogP contribution in [-0.4, -0.2) is 0 Å². The van der Waals surface area contributed by atoms with Crippen LogP contribution in [0.25, 0.3) is 0 Å². The van der Waals surface area contributed by atoms with Crippen LogP contribution in [0.5, 0.6) is 0 Å². The molecule has 2 bridgehead atoms. The van der Waals surface area contributed by atoms with Crippen molar-refractivity contribution in [3.05, 3.63) is 0 Å². The molecule has 0 radical (unpaired) electrons. The molecule has 0 heteroatoms. The van der Waals surface area contributed by atoms with Crippen LogP contribution in [0.1, 0.15) is 59.8 Å². The van der Waals surface area contributed by atoms with Crippen molar-refractivity contribution in [2.75, 3.05) is 0 Å². The molecule has 14 heavy (non-hydrogen) atoms. The maximum atomic E-state index is 2.51. The van der Waals surface area contributed by atoms with E-state index in [1.165, 1.54) is 25.7 Å². The van der Waals surface area contributed by atoms with Crippen LogP contribution >= 0.6 is 0 Å². The number of hydrogen-bond donors (Lipinski definition) is 0. The van der Waals surface area contributed by atoms with E-state index in [4.69, 9.17) is 0 Å². The molecule has 0 aliphatic heterocycles. The lowest BCUT2D eigenvalue weighted by Crippen LogP contribution is -2.52. The van der Waals surface area contributed by atoms with Gasteiger partial charge in [-0.3, -0.25) is 0 Å². The van der Waals surface area contributed by atoms with E-state index in [0.717, 1.165) is 23.7 Å². The van der Waals surface area contributed by atoms with Gasteiger partial charge >= 0.3 is 0 Å². The molecule has 82 valence electrons. The van der Waals surface area contributed by atoms with E-state index < -0.39 is 0 Å². The SMILES string of the molecule is CC(C)CC[C@@H]1CC[C@H]2C[C@@H]1C2(C)C. The van der Waals surface area contributed by atoms with Crippen LogP contribution in [0.3, 0.4) is 0 Å². The summed E-state index contributed by atoms with van der Waals surface area (Å²) in [6, 6.07) is 0. The highest BCUT2D eigenvalue weighted by molar-refractivity contribution is 5.03. The Morgan fingerprint density at radius 2 is 1.93 bits per heavy atom. The normalized spacial score (nSPS) is 39.6. The Labute approximate surface area is 89.5 Å². The molecule has 0 aromatic carbocycles. The van der Waals surface area contributed by atoms with Crippen LogP contribution in [0.4, 0.5) is 0 Å². The van der Waals surface area contributed by atoms with E-state index in [2.05, 4.69) is 27.7 Å². The van der Waals surface area contributed by atoms with Crippen molar-refractivity contribution in [3.8, 4) is 0 Å². The summed E-state index contributed by atoms with van der Waals surface area (Å²) in [5, 5.41) is 0. The molecule has 3 fully saturated rings. The summed E-state index contributed by atoms with van der Waals surface area (Å²) in [4.78, 5) is 0. The van der Waals surface area contributed by atoms with Crippen LogP contribution in [0, 0.1) is 29.1 Å². The Balaban J connectivity index is 1.88. The van der Waals surface area contributed by atoms with E-state index in [1.54, 1.807) is 6.42 Å². The number of rotatable bonds is 3. The maximum absolute atomic E-state index is 2.51. The van der Waals surface area contributed by atoms with Gasteiger partial charge in [0.1, 0.15) is 0 Å². The zero-order valence-electron chi connectivity index (χ0n) is 10.3. The summed E-state index contributed by atoms with van der Waals surface area (Å²) < 4.78 is 0. The fourth-order valence-corrected chi connectivity index (χ4v) is 3.86. The standard InChI is InChI=1S/C14H26/c1-10(2)5-6-11-7-8-12-9-13(11)14(12,3)4/h10-13H,5-9H2,1-4H3/t11-,12+,13+/m1/s1. The molecular formula is C14H26. The molecule has 0 saturated heterocycles. The Kier molecular flexibility index (Phi) is 2.66. The van der Waals surface area contributed by atoms with Crippen molar-refractivity contribution in [3.63, 3.8) is 0 Å². The molecule has 3 aliphatic carbocycles. The highest BCUT2D eigenvalue weighted by atomic mass is 14.6. The van der Waals surface area contributed by atoms with E-state index >= 15 is 0 Å². The molecule has 0 N–H and O–H groups in total. The smallest absolute Gasteiger partial charge is 0.0295 e. The average molecular weight is 194 g/mol. The van der Waals surface area contributed by atoms with Gasteiger partial charge in [0.15, 0.2) is 0 Å². The van der Waals surface area contributed by atoms with Gasteiger partial charge < -0.3 is 0 Å². The van der Waals surface area contributed by atoms with Crippen LogP contribution in [-0.2, 0) is 0 Å². The Bertz CT molecular complexity index is 200. The molecule has 0 heterocycles. The third kappa shape index (κ3) is 1.61. The lowest BCUT2D eigenvalue weighted by Gasteiger charge is -2.60. The van der Waals surface area contributed by atoms with Crippen molar-refractivity contribution in [1.82, 2.24) is 0 Å². The molecule has 0 spiro atoms. The summed E-state index contributed by atoms with van der Waals surface area (Å²) in [5.74, 6) is 4.11. The molecular weight excluding hydrogens is 168 g/mol. The van der Waals surface area contributed by atoms with Gasteiger partial charge in [-0.1, -0.05) is 34.1 Å². The number of fused-ring (bicyclic) bond motifs is 2. The van der Waals surface area contributed by atoms with Crippen molar-refractivity contribution in [2.45, 2.75) is 59.8 Å². The van der Waals surface area contributed by atoms with Crippen molar-refractivity contribution in [1.29, 1.82) is 0 Å². The average Bonchev–Trinajstić information content (AvgIpc) is 2.14. The largest absolute Gasteiger partial charge is 0.0628 e. The molecule has 3 saturated carbocycles. The van der Waals surface area contributed by atoms with Crippen molar-refractivity contribution >= 4 is 0 Å². The van der Waals surface area contributed by atoms with Gasteiger partial charge in [-0.15, -0.1) is 0 Å². The Morgan fingerprint density at radius 1 is 1.21 bits per heavy atom. The minimum atomic E-state index is 0.694. The molecule has 3 rings (SSSR count). The van der Waals surface area contributed by atoms with E-state index in [-0.39, 0.29) is 0 Å². The predicted octanol–water partition coefficient (Wildman–Crippen LogP) is 4.49. The first kappa shape index (κ1) is 10.5. The van der Waals surface area contributed by atoms with Gasteiger partial charge in [-0.05, 0) is 54.8 Å². The maximum Gasteiger partial charge on any atom is -0.0295 e. The Hall–Kier alpha value is 0. The quantitative estimate of drug-likeness (QED) is 0.621.